The molecule has 0 aliphatic rings. The van der Waals surface area contributed by atoms with Crippen LogP contribution < -0.4 is 10.5 Å². The number of hydrogen-bond donors (Lipinski definition) is 2. The van der Waals surface area contributed by atoms with Gasteiger partial charge in [0.1, 0.15) is 12.4 Å². The molecule has 0 unspecified atom stereocenters. The summed E-state index contributed by atoms with van der Waals surface area (Å²) in [4.78, 5) is 0. The van der Waals surface area contributed by atoms with E-state index in [0.29, 0.717) is 30.9 Å². The molecule has 6 nitrogen and oxygen atoms in total. The molecule has 0 saturated carbocycles. The number of aliphatic hydroxyl groups excluding tert-OH is 1. The fraction of sp³-hybridized carbons (Fsp3) is 0.538. The van der Waals surface area contributed by atoms with E-state index in [0.717, 1.165) is 0 Å². The number of rotatable bonds is 9. The van der Waals surface area contributed by atoms with Gasteiger partial charge in [0.25, 0.3) is 0 Å². The Morgan fingerprint density at radius 1 is 1.30 bits per heavy atom. The highest BCUT2D eigenvalue weighted by Crippen LogP contribution is 2.13. The lowest BCUT2D eigenvalue weighted by atomic mass is 10.3. The lowest BCUT2D eigenvalue weighted by Crippen LogP contribution is -2.35. The molecule has 20 heavy (non-hydrogen) atoms. The summed E-state index contributed by atoms with van der Waals surface area (Å²) in [5, 5.41) is 8.77. The summed E-state index contributed by atoms with van der Waals surface area (Å²) >= 11 is 0. The zero-order chi connectivity index (χ0) is 15.0. The molecule has 0 saturated heterocycles. The van der Waals surface area contributed by atoms with E-state index in [1.54, 1.807) is 31.2 Å². The molecule has 0 atom stereocenters. The maximum Gasteiger partial charge on any atom is 0.217 e. The van der Waals surface area contributed by atoms with E-state index in [9.17, 15) is 8.42 Å². The molecule has 0 radical (unpaired) electrons. The SMILES string of the molecule is CCN(CCCO)S(=O)(=O)CCOc1ccc(N)cc1. The van der Waals surface area contributed by atoms with Gasteiger partial charge in [-0.2, -0.15) is 0 Å². The summed E-state index contributed by atoms with van der Waals surface area (Å²) in [5.74, 6) is 0.504. The molecule has 0 heterocycles. The Bertz CT molecular complexity index is 488. The number of benzene rings is 1. The number of hydrogen-bond acceptors (Lipinski definition) is 5. The Labute approximate surface area is 120 Å². The molecule has 0 spiro atoms. The third-order valence-corrected chi connectivity index (χ3v) is 4.71. The van der Waals surface area contributed by atoms with Gasteiger partial charge in [0.2, 0.25) is 10.0 Å². The van der Waals surface area contributed by atoms with Crippen molar-refractivity contribution in [3.63, 3.8) is 0 Å². The van der Waals surface area contributed by atoms with Gasteiger partial charge in [-0.3, -0.25) is 0 Å². The second-order valence-corrected chi connectivity index (χ2v) is 6.39. The van der Waals surface area contributed by atoms with Crippen LogP contribution in [0.5, 0.6) is 5.75 Å². The molecule has 7 heteroatoms. The number of aliphatic hydroxyl groups is 1. The lowest BCUT2D eigenvalue weighted by Gasteiger charge is -2.20. The third-order valence-electron chi connectivity index (χ3n) is 2.80. The van der Waals surface area contributed by atoms with Crippen LogP contribution in [0.25, 0.3) is 0 Å². The predicted octanol–water partition coefficient (Wildman–Crippen LogP) is 0.682. The first kappa shape index (κ1) is 16.7. The minimum absolute atomic E-state index is 0.0199. The number of ether oxygens (including phenoxy) is 1. The van der Waals surface area contributed by atoms with Crippen molar-refractivity contribution in [1.29, 1.82) is 0 Å². The first-order valence-electron chi connectivity index (χ1n) is 6.56. The minimum atomic E-state index is -3.35. The van der Waals surface area contributed by atoms with Gasteiger partial charge in [0.15, 0.2) is 0 Å². The topological polar surface area (TPSA) is 92.9 Å². The summed E-state index contributed by atoms with van der Waals surface area (Å²) < 4.78 is 30.9. The fourth-order valence-corrected chi connectivity index (χ4v) is 3.05. The molecular formula is C13H22N2O4S. The molecule has 0 amide bonds. The number of nitrogen functional groups attached to an aromatic ring is 1. The summed E-state index contributed by atoms with van der Waals surface area (Å²) in [6.45, 7) is 2.56. The van der Waals surface area contributed by atoms with Crippen molar-refractivity contribution in [3.8, 4) is 5.75 Å². The number of nitrogens with two attached hydrogens (primary N) is 1. The van der Waals surface area contributed by atoms with Crippen LogP contribution in [0.4, 0.5) is 5.69 Å². The summed E-state index contributed by atoms with van der Waals surface area (Å²) in [5.41, 5.74) is 6.18. The number of nitrogens with zero attached hydrogens (tertiary/aromatic N) is 1. The van der Waals surface area contributed by atoms with Crippen molar-refractivity contribution in [2.75, 3.05) is 37.8 Å². The Hall–Kier alpha value is -1.31. The molecule has 1 aromatic rings. The molecule has 0 aromatic heterocycles. The largest absolute Gasteiger partial charge is 0.492 e. The molecule has 114 valence electrons. The van der Waals surface area contributed by atoms with E-state index in [4.69, 9.17) is 15.6 Å². The van der Waals surface area contributed by atoms with E-state index in [2.05, 4.69) is 0 Å². The second-order valence-electron chi connectivity index (χ2n) is 4.30. The van der Waals surface area contributed by atoms with Gasteiger partial charge in [0.05, 0.1) is 5.75 Å². The fourth-order valence-electron chi connectivity index (χ4n) is 1.70. The van der Waals surface area contributed by atoms with Crippen LogP contribution in [0, 0.1) is 0 Å². The summed E-state index contributed by atoms with van der Waals surface area (Å²) in [7, 11) is -3.35. The van der Waals surface area contributed by atoms with Crippen molar-refractivity contribution in [2.24, 2.45) is 0 Å². The van der Waals surface area contributed by atoms with E-state index in [1.165, 1.54) is 4.31 Å². The number of anilines is 1. The Kier molecular flexibility index (Phi) is 6.77. The van der Waals surface area contributed by atoms with Crippen LogP contribution in [0.3, 0.4) is 0 Å². The normalized spacial score (nSPS) is 11.8. The van der Waals surface area contributed by atoms with Crippen LogP contribution in [0.1, 0.15) is 13.3 Å². The maximum absolute atomic E-state index is 12.1. The molecule has 3 N–H and O–H groups in total. The molecule has 0 bridgehead atoms. The quantitative estimate of drug-likeness (QED) is 0.654. The maximum atomic E-state index is 12.1. The van der Waals surface area contributed by atoms with Gasteiger partial charge in [-0.25, -0.2) is 12.7 Å². The molecular weight excluding hydrogens is 280 g/mol. The smallest absolute Gasteiger partial charge is 0.217 e. The Morgan fingerprint density at radius 2 is 1.95 bits per heavy atom. The Morgan fingerprint density at radius 3 is 2.50 bits per heavy atom. The van der Waals surface area contributed by atoms with E-state index >= 15 is 0 Å². The standard InChI is InChI=1S/C13H22N2O4S/c1-2-15(8-3-9-16)20(17,18)11-10-19-13-6-4-12(14)5-7-13/h4-7,16H,2-3,8-11,14H2,1H3. The second kappa shape index (κ2) is 8.08. The summed E-state index contributed by atoms with van der Waals surface area (Å²) in [6.07, 6.45) is 0.436. The molecule has 1 aromatic carbocycles. The average Bonchev–Trinajstić information content (AvgIpc) is 2.41. The highest BCUT2D eigenvalue weighted by molar-refractivity contribution is 7.89. The van der Waals surface area contributed by atoms with Gasteiger partial charge >= 0.3 is 0 Å². The van der Waals surface area contributed by atoms with Crippen molar-refractivity contribution in [3.05, 3.63) is 24.3 Å². The van der Waals surface area contributed by atoms with E-state index in [-0.39, 0.29) is 19.0 Å². The van der Waals surface area contributed by atoms with Gasteiger partial charge in [0, 0.05) is 25.4 Å². The van der Waals surface area contributed by atoms with E-state index < -0.39 is 10.0 Å². The van der Waals surface area contributed by atoms with Gasteiger partial charge in [-0.05, 0) is 30.7 Å². The van der Waals surface area contributed by atoms with Crippen LogP contribution in [0.15, 0.2) is 24.3 Å². The van der Waals surface area contributed by atoms with Gasteiger partial charge < -0.3 is 15.6 Å². The van der Waals surface area contributed by atoms with Crippen molar-refractivity contribution in [1.82, 2.24) is 4.31 Å². The highest BCUT2D eigenvalue weighted by atomic mass is 32.2. The minimum Gasteiger partial charge on any atom is -0.492 e. The summed E-state index contributed by atoms with van der Waals surface area (Å²) in [6, 6.07) is 6.80. The van der Waals surface area contributed by atoms with E-state index in [1.807, 2.05) is 0 Å². The molecule has 1 rings (SSSR count). The van der Waals surface area contributed by atoms with Crippen molar-refractivity contribution >= 4 is 15.7 Å². The van der Waals surface area contributed by atoms with Crippen LogP contribution in [-0.4, -0.2) is 49.9 Å². The van der Waals surface area contributed by atoms with Crippen LogP contribution in [0.2, 0.25) is 0 Å². The Balaban J connectivity index is 2.47. The van der Waals surface area contributed by atoms with Crippen LogP contribution >= 0.6 is 0 Å². The van der Waals surface area contributed by atoms with Crippen molar-refractivity contribution < 1.29 is 18.3 Å². The average molecular weight is 302 g/mol. The monoisotopic (exact) mass is 302 g/mol. The first-order valence-corrected chi connectivity index (χ1v) is 8.17. The van der Waals surface area contributed by atoms with Crippen molar-refractivity contribution in [2.45, 2.75) is 13.3 Å². The van der Waals surface area contributed by atoms with Crippen LogP contribution in [-0.2, 0) is 10.0 Å². The number of sulfonamides is 1. The predicted molar refractivity (Wildman–Crippen MR) is 79.1 cm³/mol. The highest BCUT2D eigenvalue weighted by Gasteiger charge is 2.19. The van der Waals surface area contributed by atoms with Gasteiger partial charge in [-0.15, -0.1) is 0 Å². The zero-order valence-electron chi connectivity index (χ0n) is 11.7. The molecule has 0 aliphatic carbocycles. The third kappa shape index (κ3) is 5.36. The molecule has 0 aliphatic heterocycles. The lowest BCUT2D eigenvalue weighted by molar-refractivity contribution is 0.270. The zero-order valence-corrected chi connectivity index (χ0v) is 12.5. The molecule has 0 fully saturated rings. The van der Waals surface area contributed by atoms with Gasteiger partial charge in [-0.1, -0.05) is 6.92 Å². The first-order chi connectivity index (χ1) is 9.49.